The van der Waals surface area contributed by atoms with Gasteiger partial charge in [-0.1, -0.05) is 36.4 Å². The molecule has 0 atom stereocenters. The molecule has 1 saturated heterocycles. The summed E-state index contributed by atoms with van der Waals surface area (Å²) in [6, 6.07) is 18.4. The molecule has 0 bridgehead atoms. The van der Waals surface area contributed by atoms with E-state index in [-0.39, 0.29) is 0 Å². The highest BCUT2D eigenvalue weighted by molar-refractivity contribution is 5.59. The van der Waals surface area contributed by atoms with Gasteiger partial charge >= 0.3 is 0 Å². The van der Waals surface area contributed by atoms with Crippen LogP contribution in [-0.2, 0) is 6.54 Å². The summed E-state index contributed by atoms with van der Waals surface area (Å²) in [4.78, 5) is 6.70. The van der Waals surface area contributed by atoms with Crippen LogP contribution in [0.4, 0.5) is 0 Å². The van der Waals surface area contributed by atoms with Crippen LogP contribution in [0, 0.1) is 0 Å². The van der Waals surface area contributed by atoms with Crippen molar-refractivity contribution in [3.8, 4) is 11.3 Å². The first-order valence-corrected chi connectivity index (χ1v) is 9.76. The van der Waals surface area contributed by atoms with Crippen molar-refractivity contribution in [1.82, 2.24) is 29.7 Å². The fourth-order valence-corrected chi connectivity index (χ4v) is 3.92. The first-order valence-electron chi connectivity index (χ1n) is 9.76. The Hall–Kier alpha value is -3.12. The summed E-state index contributed by atoms with van der Waals surface area (Å²) in [6.45, 7) is 3.05. The van der Waals surface area contributed by atoms with Crippen LogP contribution in [0.25, 0.3) is 16.9 Å². The van der Waals surface area contributed by atoms with Gasteiger partial charge in [0.1, 0.15) is 0 Å². The van der Waals surface area contributed by atoms with Crippen LogP contribution in [0.15, 0.2) is 67.0 Å². The molecule has 0 radical (unpaired) electrons. The van der Waals surface area contributed by atoms with Crippen LogP contribution in [0.2, 0.25) is 0 Å². The number of piperidine rings is 1. The Morgan fingerprint density at radius 1 is 0.893 bits per heavy atom. The number of aromatic nitrogens is 5. The van der Waals surface area contributed by atoms with Crippen molar-refractivity contribution in [2.75, 3.05) is 13.1 Å². The lowest BCUT2D eigenvalue weighted by atomic mass is 9.96. The Morgan fingerprint density at radius 3 is 2.54 bits per heavy atom. The molecule has 0 aliphatic carbocycles. The van der Waals surface area contributed by atoms with E-state index in [0.717, 1.165) is 55.2 Å². The van der Waals surface area contributed by atoms with E-state index in [1.807, 2.05) is 53.3 Å². The molecule has 28 heavy (non-hydrogen) atoms. The Bertz CT molecular complexity index is 1050. The van der Waals surface area contributed by atoms with Gasteiger partial charge < -0.3 is 0 Å². The van der Waals surface area contributed by atoms with E-state index in [2.05, 4.69) is 38.3 Å². The third kappa shape index (κ3) is 3.39. The second kappa shape index (κ2) is 7.48. The monoisotopic (exact) mass is 370 g/mol. The largest absolute Gasteiger partial charge is 0.299 e. The Kier molecular flexibility index (Phi) is 4.54. The lowest BCUT2D eigenvalue weighted by Crippen LogP contribution is -2.33. The number of likely N-dealkylation sites (tertiary alicyclic amines) is 1. The molecule has 140 valence electrons. The average molecular weight is 370 g/mol. The third-order valence-electron chi connectivity index (χ3n) is 5.44. The van der Waals surface area contributed by atoms with Crippen molar-refractivity contribution >= 4 is 5.65 Å². The zero-order valence-corrected chi connectivity index (χ0v) is 15.6. The molecule has 0 N–H and O–H groups in total. The third-order valence-corrected chi connectivity index (χ3v) is 5.44. The minimum absolute atomic E-state index is 0.388. The predicted octanol–water partition coefficient (Wildman–Crippen LogP) is 3.57. The summed E-state index contributed by atoms with van der Waals surface area (Å²) in [5.74, 6) is 1.37. The van der Waals surface area contributed by atoms with Crippen LogP contribution >= 0.6 is 0 Å². The van der Waals surface area contributed by atoms with Gasteiger partial charge in [-0.05, 0) is 49.7 Å². The number of fused-ring (bicyclic) bond motifs is 1. The summed E-state index contributed by atoms with van der Waals surface area (Å²) in [5, 5.41) is 13.7. The normalized spacial score (nSPS) is 15.9. The van der Waals surface area contributed by atoms with Crippen molar-refractivity contribution < 1.29 is 0 Å². The standard InChI is InChI=1S/C22H22N6/c1-2-6-18(7-3-1)20-8-9-21-24-25-22(28(21)26-20)19-10-13-27(14-11-19)16-17-5-4-12-23-15-17/h1-9,12,15,19H,10-11,13-14,16H2. The van der Waals surface area contributed by atoms with Gasteiger partial charge in [-0.3, -0.25) is 9.88 Å². The van der Waals surface area contributed by atoms with Crippen LogP contribution in [-0.4, -0.2) is 42.8 Å². The summed E-state index contributed by atoms with van der Waals surface area (Å²) < 4.78 is 1.93. The highest BCUT2D eigenvalue weighted by Crippen LogP contribution is 2.28. The second-order valence-corrected chi connectivity index (χ2v) is 7.32. The molecule has 1 fully saturated rings. The molecule has 1 aromatic carbocycles. The van der Waals surface area contributed by atoms with E-state index in [1.165, 1.54) is 5.56 Å². The zero-order chi connectivity index (χ0) is 18.8. The lowest BCUT2D eigenvalue weighted by Gasteiger charge is -2.30. The fraction of sp³-hybridized carbons (Fsp3) is 0.273. The first-order chi connectivity index (χ1) is 13.9. The number of benzene rings is 1. The van der Waals surface area contributed by atoms with Crippen molar-refractivity contribution in [2.24, 2.45) is 0 Å². The Labute approximate surface area is 163 Å². The maximum atomic E-state index is 4.84. The lowest BCUT2D eigenvalue weighted by molar-refractivity contribution is 0.200. The van der Waals surface area contributed by atoms with E-state index in [9.17, 15) is 0 Å². The highest BCUT2D eigenvalue weighted by Gasteiger charge is 2.25. The van der Waals surface area contributed by atoms with E-state index in [0.29, 0.717) is 5.92 Å². The molecule has 0 amide bonds. The van der Waals surface area contributed by atoms with Gasteiger partial charge in [0.25, 0.3) is 0 Å². The molecule has 6 nitrogen and oxygen atoms in total. The van der Waals surface area contributed by atoms with Gasteiger partial charge in [0, 0.05) is 30.4 Å². The van der Waals surface area contributed by atoms with Crippen molar-refractivity contribution in [3.63, 3.8) is 0 Å². The van der Waals surface area contributed by atoms with Crippen LogP contribution < -0.4 is 0 Å². The number of pyridine rings is 1. The molecule has 6 heteroatoms. The van der Waals surface area contributed by atoms with Crippen molar-refractivity contribution in [3.05, 3.63) is 78.4 Å². The average Bonchev–Trinajstić information content (AvgIpc) is 3.19. The maximum Gasteiger partial charge on any atom is 0.177 e. The highest BCUT2D eigenvalue weighted by atomic mass is 15.4. The Balaban J connectivity index is 1.34. The molecule has 0 spiro atoms. The fourth-order valence-electron chi connectivity index (χ4n) is 3.92. The van der Waals surface area contributed by atoms with E-state index >= 15 is 0 Å². The minimum Gasteiger partial charge on any atom is -0.299 e. The molecule has 4 aromatic rings. The van der Waals surface area contributed by atoms with Crippen LogP contribution in [0.3, 0.4) is 0 Å². The van der Waals surface area contributed by atoms with Gasteiger partial charge in [0.15, 0.2) is 11.5 Å². The topological polar surface area (TPSA) is 59.2 Å². The molecule has 1 aliphatic rings. The number of hydrogen-bond donors (Lipinski definition) is 0. The molecule has 0 saturated carbocycles. The summed E-state index contributed by atoms with van der Waals surface area (Å²) in [5.41, 5.74) is 4.13. The first kappa shape index (κ1) is 17.0. The van der Waals surface area contributed by atoms with E-state index in [1.54, 1.807) is 0 Å². The van der Waals surface area contributed by atoms with Crippen LogP contribution in [0.1, 0.15) is 30.1 Å². The molecule has 4 heterocycles. The second-order valence-electron chi connectivity index (χ2n) is 7.32. The SMILES string of the molecule is c1ccc(-c2ccc3nnc(C4CCN(Cc5cccnc5)CC4)n3n2)cc1. The van der Waals surface area contributed by atoms with Gasteiger partial charge in [-0.25, -0.2) is 0 Å². The number of nitrogens with zero attached hydrogens (tertiary/aromatic N) is 6. The van der Waals surface area contributed by atoms with Crippen molar-refractivity contribution in [2.45, 2.75) is 25.3 Å². The van der Waals surface area contributed by atoms with Gasteiger partial charge in [-0.15, -0.1) is 10.2 Å². The quantitative estimate of drug-likeness (QED) is 0.550. The van der Waals surface area contributed by atoms with Gasteiger partial charge in [-0.2, -0.15) is 9.61 Å². The van der Waals surface area contributed by atoms with Gasteiger partial charge in [0.05, 0.1) is 5.69 Å². The zero-order valence-electron chi connectivity index (χ0n) is 15.6. The number of rotatable bonds is 4. The summed E-state index contributed by atoms with van der Waals surface area (Å²) in [6.07, 6.45) is 5.91. The molecular formula is C22H22N6. The maximum absolute atomic E-state index is 4.84. The summed E-state index contributed by atoms with van der Waals surface area (Å²) in [7, 11) is 0. The van der Waals surface area contributed by atoms with Gasteiger partial charge in [0.2, 0.25) is 0 Å². The van der Waals surface area contributed by atoms with Crippen molar-refractivity contribution in [1.29, 1.82) is 0 Å². The number of hydrogen-bond acceptors (Lipinski definition) is 5. The molecular weight excluding hydrogens is 348 g/mol. The van der Waals surface area contributed by atoms with E-state index < -0.39 is 0 Å². The molecule has 5 rings (SSSR count). The van der Waals surface area contributed by atoms with E-state index in [4.69, 9.17) is 5.10 Å². The molecule has 3 aromatic heterocycles. The minimum atomic E-state index is 0.388. The molecule has 0 unspecified atom stereocenters. The van der Waals surface area contributed by atoms with Crippen LogP contribution in [0.5, 0.6) is 0 Å². The molecule has 1 aliphatic heterocycles. The smallest absolute Gasteiger partial charge is 0.177 e. The summed E-state index contributed by atoms with van der Waals surface area (Å²) >= 11 is 0. The Morgan fingerprint density at radius 2 is 1.75 bits per heavy atom. The predicted molar refractivity (Wildman–Crippen MR) is 108 cm³/mol.